The molecule has 1 nitrogen and oxygen atoms in total. The van der Waals surface area contributed by atoms with E-state index in [1.54, 1.807) is 0 Å². The lowest BCUT2D eigenvalue weighted by atomic mass is 10.0. The third kappa shape index (κ3) is 1.45. The number of quaternary nitrogens is 1. The molecule has 0 bridgehead atoms. The lowest BCUT2D eigenvalue weighted by Gasteiger charge is -2.25. The van der Waals surface area contributed by atoms with Gasteiger partial charge in [-0.25, -0.2) is 0 Å². The highest BCUT2D eigenvalue weighted by Gasteiger charge is 2.23. The van der Waals surface area contributed by atoms with Gasteiger partial charge in [0.15, 0.2) is 0 Å². The molecule has 9 heavy (non-hydrogen) atoms. The van der Waals surface area contributed by atoms with Crippen molar-refractivity contribution >= 4 is 0 Å². The molecule has 0 saturated carbocycles. The van der Waals surface area contributed by atoms with Crippen LogP contribution in [-0.4, -0.2) is 12.6 Å². The Hall–Kier alpha value is -0.0400. The average Bonchev–Trinajstić information content (AvgIpc) is 2.13. The summed E-state index contributed by atoms with van der Waals surface area (Å²) in [6.45, 7) is 5.87. The fourth-order valence-corrected chi connectivity index (χ4v) is 1.74. The van der Waals surface area contributed by atoms with Gasteiger partial charge in [0, 0.05) is 12.3 Å². The van der Waals surface area contributed by atoms with Crippen LogP contribution in [-0.2, 0) is 0 Å². The quantitative estimate of drug-likeness (QED) is 0.489. The van der Waals surface area contributed by atoms with E-state index in [-0.39, 0.29) is 0 Å². The van der Waals surface area contributed by atoms with E-state index in [1.807, 2.05) is 0 Å². The molecule has 1 fully saturated rings. The van der Waals surface area contributed by atoms with Crippen LogP contribution in [0, 0.1) is 13.0 Å². The van der Waals surface area contributed by atoms with E-state index in [0.29, 0.717) is 0 Å². The molecule has 1 saturated heterocycles. The minimum absolute atomic E-state index is 0.819. The summed E-state index contributed by atoms with van der Waals surface area (Å²) in [5.41, 5.74) is 0. The molecule has 1 N–H and O–H groups in total. The van der Waals surface area contributed by atoms with Crippen LogP contribution in [0.5, 0.6) is 0 Å². The summed E-state index contributed by atoms with van der Waals surface area (Å²) in [5.74, 6) is 0.819. The number of likely N-dealkylation sites (tertiary alicyclic amines) is 1. The van der Waals surface area contributed by atoms with E-state index in [9.17, 15) is 0 Å². The Morgan fingerprint density at radius 3 is 2.44 bits per heavy atom. The number of rotatable bonds is 1. The molecule has 0 aromatic rings. The second kappa shape index (κ2) is 2.70. The second-order valence-electron chi connectivity index (χ2n) is 3.40. The Kier molecular flexibility index (Phi) is 2.12. The zero-order valence-corrected chi connectivity index (χ0v) is 6.48. The fraction of sp³-hybridized carbons (Fsp3) is 0.875. The van der Waals surface area contributed by atoms with E-state index in [0.717, 1.165) is 12.0 Å². The molecular formula is C8H17N. The molecule has 1 aliphatic heterocycles. The molecule has 2 atom stereocenters. The summed E-state index contributed by atoms with van der Waals surface area (Å²) in [4.78, 5) is 1.49. The lowest BCUT2D eigenvalue weighted by Crippen LogP contribution is -3.09. The first kappa shape index (κ1) is 7.07. The molecule has 0 spiro atoms. The Morgan fingerprint density at radius 1 is 1.56 bits per heavy atom. The molecule has 1 heteroatoms. The predicted molar refractivity (Wildman–Crippen MR) is 39.0 cm³/mol. The minimum Gasteiger partial charge on any atom is -0.465 e. The molecule has 0 aromatic carbocycles. The predicted octanol–water partition coefficient (Wildman–Crippen LogP) is 0.481. The monoisotopic (exact) mass is 127 g/mol. The van der Waals surface area contributed by atoms with Gasteiger partial charge in [0.2, 0.25) is 0 Å². The maximum absolute atomic E-state index is 4.06. The van der Waals surface area contributed by atoms with E-state index in [1.165, 1.54) is 24.3 Å². The van der Waals surface area contributed by atoms with Gasteiger partial charge in [-0.1, -0.05) is 13.8 Å². The van der Waals surface area contributed by atoms with Crippen molar-refractivity contribution in [3.05, 3.63) is 7.05 Å². The highest BCUT2D eigenvalue weighted by Crippen LogP contribution is 2.08. The first-order valence-corrected chi connectivity index (χ1v) is 3.89. The topological polar surface area (TPSA) is 4.44 Å². The van der Waals surface area contributed by atoms with Gasteiger partial charge >= 0.3 is 0 Å². The third-order valence-electron chi connectivity index (χ3n) is 2.34. The van der Waals surface area contributed by atoms with Gasteiger partial charge in [0.1, 0.15) is 0 Å². The van der Waals surface area contributed by atoms with Gasteiger partial charge in [-0.05, 0) is 6.42 Å². The average molecular weight is 127 g/mol. The van der Waals surface area contributed by atoms with E-state index < -0.39 is 0 Å². The van der Waals surface area contributed by atoms with E-state index >= 15 is 0 Å². The summed E-state index contributed by atoms with van der Waals surface area (Å²) in [6.07, 6.45) is 2.76. The zero-order chi connectivity index (χ0) is 6.85. The summed E-state index contributed by atoms with van der Waals surface area (Å²) >= 11 is 0. The smallest absolute Gasteiger partial charge is 0.0660 e. The molecule has 1 rings (SSSR count). The van der Waals surface area contributed by atoms with Crippen molar-refractivity contribution in [1.82, 2.24) is 0 Å². The summed E-state index contributed by atoms with van der Waals surface area (Å²) in [7, 11) is 4.06. The highest BCUT2D eigenvalue weighted by atomic mass is 15.1. The molecule has 2 unspecified atom stereocenters. The third-order valence-corrected chi connectivity index (χ3v) is 2.34. The summed E-state index contributed by atoms with van der Waals surface area (Å²) in [5, 5.41) is 0. The van der Waals surface area contributed by atoms with Gasteiger partial charge in [0.05, 0.1) is 12.6 Å². The maximum atomic E-state index is 4.06. The van der Waals surface area contributed by atoms with E-state index in [4.69, 9.17) is 0 Å². The van der Waals surface area contributed by atoms with Crippen LogP contribution in [0.1, 0.15) is 26.7 Å². The van der Waals surface area contributed by atoms with Crippen molar-refractivity contribution in [1.29, 1.82) is 0 Å². The molecule has 0 aliphatic carbocycles. The highest BCUT2D eigenvalue weighted by molar-refractivity contribution is 4.65. The Labute approximate surface area is 58.0 Å². The Balaban J connectivity index is 2.40. The van der Waals surface area contributed by atoms with Gasteiger partial charge in [-0.3, -0.25) is 0 Å². The molecule has 54 valence electrons. The lowest BCUT2D eigenvalue weighted by molar-refractivity contribution is -0.870. The van der Waals surface area contributed by atoms with Gasteiger partial charge in [0.25, 0.3) is 0 Å². The van der Waals surface area contributed by atoms with Crippen molar-refractivity contribution in [2.75, 3.05) is 6.54 Å². The van der Waals surface area contributed by atoms with Crippen molar-refractivity contribution < 1.29 is 4.90 Å². The Bertz CT molecular complexity index is 88.6. The Morgan fingerprint density at radius 2 is 2.22 bits per heavy atom. The number of hydrogen-bond donors (Lipinski definition) is 1. The summed E-state index contributed by atoms with van der Waals surface area (Å²) < 4.78 is 0. The largest absolute Gasteiger partial charge is 0.465 e. The van der Waals surface area contributed by atoms with Crippen LogP contribution in [0.15, 0.2) is 0 Å². The van der Waals surface area contributed by atoms with Gasteiger partial charge < -0.3 is 4.90 Å². The van der Waals surface area contributed by atoms with Crippen LogP contribution in [0.2, 0.25) is 0 Å². The van der Waals surface area contributed by atoms with Gasteiger partial charge in [-0.2, -0.15) is 7.05 Å². The second-order valence-corrected chi connectivity index (χ2v) is 3.40. The van der Waals surface area contributed by atoms with E-state index in [2.05, 4.69) is 20.9 Å². The minimum atomic E-state index is 0.819. The van der Waals surface area contributed by atoms with Crippen molar-refractivity contribution in [2.45, 2.75) is 32.7 Å². The van der Waals surface area contributed by atoms with Crippen LogP contribution in [0.4, 0.5) is 0 Å². The van der Waals surface area contributed by atoms with Crippen LogP contribution >= 0.6 is 0 Å². The van der Waals surface area contributed by atoms with Crippen molar-refractivity contribution in [3.8, 4) is 0 Å². The van der Waals surface area contributed by atoms with Crippen LogP contribution in [0.3, 0.4) is 0 Å². The first-order valence-electron chi connectivity index (χ1n) is 3.89. The first-order chi connectivity index (χ1) is 4.22. The van der Waals surface area contributed by atoms with Crippen LogP contribution < -0.4 is 4.90 Å². The molecule has 0 amide bonds. The molecule has 0 aromatic heterocycles. The maximum Gasteiger partial charge on any atom is 0.0660 e. The molecule has 1 heterocycles. The molecular weight excluding hydrogens is 110 g/mol. The number of nitrogens with one attached hydrogen (secondary N) is 1. The fourth-order valence-electron chi connectivity index (χ4n) is 1.74. The number of hydrogen-bond acceptors (Lipinski definition) is 0. The van der Waals surface area contributed by atoms with Crippen LogP contribution in [0.25, 0.3) is 0 Å². The normalized spacial score (nSPS) is 36.0. The zero-order valence-electron chi connectivity index (χ0n) is 6.48. The molecule has 1 aliphatic rings. The SMILES string of the molecule is [CH2-][NH+]1CCCC1C(C)C. The van der Waals surface area contributed by atoms with Crippen molar-refractivity contribution in [3.63, 3.8) is 0 Å². The van der Waals surface area contributed by atoms with Crippen molar-refractivity contribution in [2.24, 2.45) is 5.92 Å². The summed E-state index contributed by atoms with van der Waals surface area (Å²) in [6, 6.07) is 0.838. The molecule has 0 radical (unpaired) electrons. The van der Waals surface area contributed by atoms with Gasteiger partial charge in [-0.15, -0.1) is 0 Å². The standard InChI is InChI=1S/C8H17N/c1-7(2)8-5-4-6-9(8)3/h7-9H,3-6H2,1-2H3.